The van der Waals surface area contributed by atoms with E-state index >= 15 is 0 Å². The number of nitrogen functional groups attached to an aromatic ring is 1. The molecule has 1 aromatic carbocycles. The van der Waals surface area contributed by atoms with Gasteiger partial charge in [-0.3, -0.25) is 4.79 Å². The van der Waals surface area contributed by atoms with Crippen molar-refractivity contribution in [3.8, 4) is 6.07 Å². The smallest absolute Gasteiger partial charge is 0.159 e. The topological polar surface area (TPSA) is 66.9 Å². The summed E-state index contributed by atoms with van der Waals surface area (Å²) in [5.41, 5.74) is 7.74. The van der Waals surface area contributed by atoms with Gasteiger partial charge in [-0.1, -0.05) is 24.3 Å². The number of rotatable bonds is 3. The molecule has 3 heteroatoms. The van der Waals surface area contributed by atoms with E-state index in [2.05, 4.69) is 0 Å². The predicted octanol–water partition coefficient (Wildman–Crippen LogP) is 2.40. The van der Waals surface area contributed by atoms with Gasteiger partial charge in [-0.2, -0.15) is 5.26 Å². The van der Waals surface area contributed by atoms with Gasteiger partial charge in [0.05, 0.1) is 12.5 Å². The minimum absolute atomic E-state index is 0.00532. The van der Waals surface area contributed by atoms with Gasteiger partial charge in [-0.15, -0.1) is 0 Å². The van der Waals surface area contributed by atoms with Crippen molar-refractivity contribution < 1.29 is 4.79 Å². The van der Waals surface area contributed by atoms with E-state index in [9.17, 15) is 4.79 Å². The fraction of sp³-hybridized carbons (Fsp3) is 0.167. The molecule has 0 amide bonds. The molecule has 0 heterocycles. The maximum atomic E-state index is 11.1. The lowest BCUT2D eigenvalue weighted by molar-refractivity contribution is 0.101. The highest BCUT2D eigenvalue weighted by atomic mass is 16.1. The third-order valence-electron chi connectivity index (χ3n) is 2.00. The molecule has 0 aliphatic carbocycles. The summed E-state index contributed by atoms with van der Waals surface area (Å²) < 4.78 is 0. The number of benzene rings is 1. The third kappa shape index (κ3) is 2.96. The Kier molecular flexibility index (Phi) is 3.64. The highest BCUT2D eigenvalue weighted by Gasteiger charge is 2.01. The number of nitriles is 1. The van der Waals surface area contributed by atoms with Crippen molar-refractivity contribution in [1.82, 2.24) is 0 Å². The first-order chi connectivity index (χ1) is 7.15. The zero-order valence-corrected chi connectivity index (χ0v) is 8.53. The van der Waals surface area contributed by atoms with E-state index in [0.717, 1.165) is 5.56 Å². The number of hydrogen-bond acceptors (Lipinski definition) is 3. The van der Waals surface area contributed by atoms with Crippen molar-refractivity contribution in [3.63, 3.8) is 0 Å². The number of carbonyl (C=O) groups excluding carboxylic acids is 1. The summed E-state index contributed by atoms with van der Waals surface area (Å²) in [5, 5.41) is 8.35. The molecule has 0 fully saturated rings. The summed E-state index contributed by atoms with van der Waals surface area (Å²) in [6.45, 7) is 1.50. The minimum Gasteiger partial charge on any atom is -0.398 e. The molecule has 0 atom stereocenters. The standard InChI is InChI=1S/C12H12N2O/c1-9(15)11-6-5-10(12(14)8-11)4-2-3-7-13/h2,4-6,8H,3,14H2,1H3. The van der Waals surface area contributed by atoms with Gasteiger partial charge in [0.2, 0.25) is 0 Å². The largest absolute Gasteiger partial charge is 0.398 e. The maximum absolute atomic E-state index is 11.1. The van der Waals surface area contributed by atoms with Crippen molar-refractivity contribution in [2.75, 3.05) is 5.73 Å². The molecule has 76 valence electrons. The normalized spacial score (nSPS) is 10.1. The Morgan fingerprint density at radius 2 is 2.33 bits per heavy atom. The minimum atomic E-state index is -0.00532. The lowest BCUT2D eigenvalue weighted by atomic mass is 10.1. The van der Waals surface area contributed by atoms with Crippen LogP contribution in [0.4, 0.5) is 5.69 Å². The van der Waals surface area contributed by atoms with Gasteiger partial charge in [0.15, 0.2) is 5.78 Å². The van der Waals surface area contributed by atoms with Crippen LogP contribution in [-0.4, -0.2) is 5.78 Å². The zero-order chi connectivity index (χ0) is 11.3. The molecule has 0 aromatic heterocycles. The second-order valence-corrected chi connectivity index (χ2v) is 3.16. The summed E-state index contributed by atoms with van der Waals surface area (Å²) in [6, 6.07) is 7.16. The monoisotopic (exact) mass is 200 g/mol. The van der Waals surface area contributed by atoms with Gasteiger partial charge >= 0.3 is 0 Å². The summed E-state index contributed by atoms with van der Waals surface area (Å²) in [4.78, 5) is 11.1. The van der Waals surface area contributed by atoms with Crippen LogP contribution in [0.2, 0.25) is 0 Å². The van der Waals surface area contributed by atoms with Gasteiger partial charge in [0.1, 0.15) is 0 Å². The Labute approximate surface area is 88.8 Å². The SMILES string of the molecule is CC(=O)c1ccc(C=CCC#N)c(N)c1. The molecule has 0 spiro atoms. The first-order valence-corrected chi connectivity index (χ1v) is 4.59. The van der Waals surface area contributed by atoms with Gasteiger partial charge in [0.25, 0.3) is 0 Å². The molecule has 3 nitrogen and oxygen atoms in total. The highest BCUT2D eigenvalue weighted by Crippen LogP contribution is 2.16. The molecule has 15 heavy (non-hydrogen) atoms. The summed E-state index contributed by atoms with van der Waals surface area (Å²) >= 11 is 0. The van der Waals surface area contributed by atoms with E-state index in [0.29, 0.717) is 17.7 Å². The molecular formula is C12H12N2O. The van der Waals surface area contributed by atoms with Crippen LogP contribution < -0.4 is 5.73 Å². The summed E-state index contributed by atoms with van der Waals surface area (Å²) in [5.74, 6) is -0.00532. The Hall–Kier alpha value is -2.08. The fourth-order valence-corrected chi connectivity index (χ4v) is 1.18. The van der Waals surface area contributed by atoms with Crippen LogP contribution in [0.3, 0.4) is 0 Å². The molecule has 0 aliphatic rings. The number of allylic oxidation sites excluding steroid dienone is 1. The van der Waals surface area contributed by atoms with Crippen LogP contribution in [0.1, 0.15) is 29.3 Å². The van der Waals surface area contributed by atoms with E-state index in [1.807, 2.05) is 6.07 Å². The number of hydrogen-bond donors (Lipinski definition) is 1. The average Bonchev–Trinajstić information content (AvgIpc) is 2.20. The van der Waals surface area contributed by atoms with E-state index in [-0.39, 0.29) is 5.78 Å². The van der Waals surface area contributed by atoms with Gasteiger partial charge in [-0.25, -0.2) is 0 Å². The van der Waals surface area contributed by atoms with E-state index in [1.54, 1.807) is 30.4 Å². The third-order valence-corrected chi connectivity index (χ3v) is 2.00. The lowest BCUT2D eigenvalue weighted by Gasteiger charge is -2.02. The molecule has 2 N–H and O–H groups in total. The fourth-order valence-electron chi connectivity index (χ4n) is 1.18. The molecular weight excluding hydrogens is 188 g/mol. The maximum Gasteiger partial charge on any atom is 0.159 e. The molecule has 0 aliphatic heterocycles. The lowest BCUT2D eigenvalue weighted by Crippen LogP contribution is -1.96. The van der Waals surface area contributed by atoms with E-state index in [4.69, 9.17) is 11.0 Å². The molecule has 0 saturated heterocycles. The number of nitrogens with zero attached hydrogens (tertiary/aromatic N) is 1. The van der Waals surface area contributed by atoms with Crippen LogP contribution in [0.5, 0.6) is 0 Å². The first-order valence-electron chi connectivity index (χ1n) is 4.59. The van der Waals surface area contributed by atoms with Crippen LogP contribution >= 0.6 is 0 Å². The highest BCUT2D eigenvalue weighted by molar-refractivity contribution is 5.95. The Balaban J connectivity index is 2.94. The number of Topliss-reactive ketones (excluding diaryl/α,β-unsaturated/α-hetero) is 1. The van der Waals surface area contributed by atoms with Crippen molar-refractivity contribution in [1.29, 1.82) is 5.26 Å². The Morgan fingerprint density at radius 1 is 1.60 bits per heavy atom. The molecule has 0 saturated carbocycles. The predicted molar refractivity (Wildman–Crippen MR) is 60.1 cm³/mol. The number of anilines is 1. The molecule has 1 aromatic rings. The van der Waals surface area contributed by atoms with Crippen LogP contribution in [0, 0.1) is 11.3 Å². The number of carbonyl (C=O) groups is 1. The van der Waals surface area contributed by atoms with Crippen LogP contribution in [0.15, 0.2) is 24.3 Å². The van der Waals surface area contributed by atoms with Crippen LogP contribution in [0.25, 0.3) is 6.08 Å². The zero-order valence-electron chi connectivity index (χ0n) is 8.53. The second-order valence-electron chi connectivity index (χ2n) is 3.16. The second kappa shape index (κ2) is 4.97. The van der Waals surface area contributed by atoms with Crippen molar-refractivity contribution in [2.45, 2.75) is 13.3 Å². The quantitative estimate of drug-likeness (QED) is 0.601. The Morgan fingerprint density at radius 3 is 2.87 bits per heavy atom. The molecule has 1 rings (SSSR count). The Bertz CT molecular complexity index is 441. The number of ketones is 1. The average molecular weight is 200 g/mol. The summed E-state index contributed by atoms with van der Waals surface area (Å²) in [6.07, 6.45) is 3.87. The van der Waals surface area contributed by atoms with Gasteiger partial charge < -0.3 is 5.73 Å². The van der Waals surface area contributed by atoms with Crippen molar-refractivity contribution in [2.24, 2.45) is 0 Å². The van der Waals surface area contributed by atoms with Crippen molar-refractivity contribution in [3.05, 3.63) is 35.4 Å². The molecule has 0 bridgehead atoms. The van der Waals surface area contributed by atoms with Gasteiger partial charge in [0, 0.05) is 11.3 Å². The summed E-state index contributed by atoms with van der Waals surface area (Å²) in [7, 11) is 0. The van der Waals surface area contributed by atoms with Gasteiger partial charge in [-0.05, 0) is 18.6 Å². The number of nitrogens with two attached hydrogens (primary N) is 1. The van der Waals surface area contributed by atoms with E-state index < -0.39 is 0 Å². The molecule has 0 radical (unpaired) electrons. The van der Waals surface area contributed by atoms with Crippen LogP contribution in [-0.2, 0) is 0 Å². The molecule has 0 unspecified atom stereocenters. The first kappa shape index (κ1) is 11.0. The van der Waals surface area contributed by atoms with E-state index in [1.165, 1.54) is 6.92 Å². The van der Waals surface area contributed by atoms with Crippen molar-refractivity contribution >= 4 is 17.5 Å².